The first-order chi connectivity index (χ1) is 11.7. The first-order valence-electron chi connectivity index (χ1n) is 7.73. The summed E-state index contributed by atoms with van der Waals surface area (Å²) in [6.07, 6.45) is 0.872. The van der Waals surface area contributed by atoms with Crippen molar-refractivity contribution in [2.75, 3.05) is 26.1 Å². The molecule has 0 aliphatic carbocycles. The lowest BCUT2D eigenvalue weighted by Crippen LogP contribution is -2.26. The molecule has 1 aliphatic rings. The van der Waals surface area contributed by atoms with E-state index in [1.165, 1.54) is 5.56 Å². The Balaban J connectivity index is 1.59. The van der Waals surface area contributed by atoms with Crippen LogP contribution in [0.2, 0.25) is 0 Å². The van der Waals surface area contributed by atoms with Gasteiger partial charge in [-0.2, -0.15) is 0 Å². The number of ether oxygens (including phenoxy) is 3. The van der Waals surface area contributed by atoms with Gasteiger partial charge < -0.3 is 25.3 Å². The zero-order valence-corrected chi connectivity index (χ0v) is 13.8. The predicted octanol–water partition coefficient (Wildman–Crippen LogP) is 2.43. The fourth-order valence-corrected chi connectivity index (χ4v) is 2.66. The average Bonchev–Trinajstić information content (AvgIpc) is 3.03. The van der Waals surface area contributed by atoms with E-state index in [-0.39, 0.29) is 6.10 Å². The Morgan fingerprint density at radius 1 is 1.21 bits per heavy atom. The predicted molar refractivity (Wildman–Crippen MR) is 94.2 cm³/mol. The van der Waals surface area contributed by atoms with Gasteiger partial charge in [0.1, 0.15) is 11.9 Å². The molecular weight excluding hydrogens is 306 g/mol. The molecule has 1 atom stereocenters. The van der Waals surface area contributed by atoms with E-state index in [1.807, 2.05) is 36.4 Å². The van der Waals surface area contributed by atoms with Crippen molar-refractivity contribution >= 4 is 11.6 Å². The van der Waals surface area contributed by atoms with Crippen LogP contribution < -0.4 is 25.3 Å². The molecule has 0 aromatic heterocycles. The molecule has 0 fully saturated rings. The first-order valence-corrected chi connectivity index (χ1v) is 7.73. The number of nitrogens with two attached hydrogens (primary N) is 1. The molecule has 6 nitrogen and oxygen atoms in total. The summed E-state index contributed by atoms with van der Waals surface area (Å²) < 4.78 is 16.3. The van der Waals surface area contributed by atoms with Gasteiger partial charge in [0.2, 0.25) is 0 Å². The summed E-state index contributed by atoms with van der Waals surface area (Å²) in [6, 6.07) is 13.5. The number of hydrogen-bond donors (Lipinski definition) is 2. The van der Waals surface area contributed by atoms with Gasteiger partial charge in [0.25, 0.3) is 0 Å². The van der Waals surface area contributed by atoms with Crippen LogP contribution in [0.25, 0.3) is 0 Å². The number of fused-ring (bicyclic) bond motifs is 1. The molecule has 24 heavy (non-hydrogen) atoms. The molecule has 6 heteroatoms. The molecule has 0 radical (unpaired) electrons. The maximum absolute atomic E-state index is 5.96. The molecule has 126 valence electrons. The van der Waals surface area contributed by atoms with Crippen molar-refractivity contribution in [1.29, 1.82) is 0 Å². The Morgan fingerprint density at radius 3 is 2.75 bits per heavy atom. The molecule has 1 unspecified atom stereocenters. The third-order valence-electron chi connectivity index (χ3n) is 3.84. The van der Waals surface area contributed by atoms with E-state index in [1.54, 1.807) is 14.2 Å². The van der Waals surface area contributed by atoms with E-state index in [9.17, 15) is 0 Å². The second-order valence-corrected chi connectivity index (χ2v) is 5.47. The summed E-state index contributed by atoms with van der Waals surface area (Å²) in [5.74, 6) is 2.56. The van der Waals surface area contributed by atoms with E-state index >= 15 is 0 Å². The normalized spacial score (nSPS) is 16.2. The molecule has 2 aromatic rings. The van der Waals surface area contributed by atoms with Crippen molar-refractivity contribution in [3.05, 3.63) is 48.0 Å². The van der Waals surface area contributed by atoms with Crippen LogP contribution in [0.3, 0.4) is 0 Å². The Labute approximate surface area is 141 Å². The lowest BCUT2D eigenvalue weighted by Gasteiger charge is -2.12. The van der Waals surface area contributed by atoms with Crippen LogP contribution in [-0.4, -0.2) is 32.8 Å². The molecule has 1 aliphatic heterocycles. The number of hydrogen-bond acceptors (Lipinski definition) is 4. The molecule has 3 rings (SSSR count). The van der Waals surface area contributed by atoms with Gasteiger partial charge in [-0.15, -0.1) is 0 Å². The molecule has 0 saturated carbocycles. The van der Waals surface area contributed by atoms with Gasteiger partial charge in [0, 0.05) is 18.2 Å². The van der Waals surface area contributed by atoms with Crippen LogP contribution in [0.5, 0.6) is 17.2 Å². The first kappa shape index (κ1) is 16.0. The maximum Gasteiger partial charge on any atom is 0.193 e. The van der Waals surface area contributed by atoms with Gasteiger partial charge in [-0.25, -0.2) is 4.99 Å². The summed E-state index contributed by atoms with van der Waals surface area (Å²) in [6.45, 7) is 0.501. The minimum absolute atomic E-state index is 0.0214. The molecule has 0 saturated heterocycles. The third-order valence-corrected chi connectivity index (χ3v) is 3.84. The molecule has 2 aromatic carbocycles. The van der Waals surface area contributed by atoms with Crippen LogP contribution >= 0.6 is 0 Å². The van der Waals surface area contributed by atoms with Crippen molar-refractivity contribution in [2.45, 2.75) is 12.5 Å². The van der Waals surface area contributed by atoms with Gasteiger partial charge in [-0.3, -0.25) is 0 Å². The molecule has 0 spiro atoms. The summed E-state index contributed by atoms with van der Waals surface area (Å²) in [5, 5.41) is 3.05. The number of benzene rings is 2. The minimum atomic E-state index is 0.0214. The lowest BCUT2D eigenvalue weighted by atomic mass is 10.1. The Bertz CT molecular complexity index is 721. The number of methoxy groups -OCH3 is 2. The van der Waals surface area contributed by atoms with Crippen LogP contribution in [0.1, 0.15) is 5.56 Å². The number of nitrogens with one attached hydrogen (secondary N) is 1. The zero-order valence-electron chi connectivity index (χ0n) is 13.8. The topological polar surface area (TPSA) is 78.1 Å². The number of anilines is 1. The lowest BCUT2D eigenvalue weighted by molar-refractivity contribution is 0.242. The van der Waals surface area contributed by atoms with Gasteiger partial charge in [0.05, 0.1) is 20.8 Å². The fourth-order valence-electron chi connectivity index (χ4n) is 2.66. The largest absolute Gasteiger partial charge is 0.493 e. The summed E-state index contributed by atoms with van der Waals surface area (Å²) in [5.41, 5.74) is 7.96. The van der Waals surface area contributed by atoms with Gasteiger partial charge >= 0.3 is 0 Å². The highest BCUT2D eigenvalue weighted by Gasteiger charge is 2.21. The highest BCUT2D eigenvalue weighted by Crippen LogP contribution is 2.30. The Hall–Kier alpha value is -2.89. The van der Waals surface area contributed by atoms with E-state index in [2.05, 4.69) is 16.4 Å². The highest BCUT2D eigenvalue weighted by atomic mass is 16.5. The molecular formula is C18H21N3O3. The van der Waals surface area contributed by atoms with Crippen LogP contribution in [0.15, 0.2) is 47.5 Å². The Morgan fingerprint density at radius 2 is 2.00 bits per heavy atom. The molecule has 1 heterocycles. The smallest absolute Gasteiger partial charge is 0.193 e. The van der Waals surface area contributed by atoms with E-state index in [4.69, 9.17) is 19.9 Å². The number of aliphatic imine (C=N–C) groups is 1. The number of para-hydroxylation sites is 1. The van der Waals surface area contributed by atoms with Crippen LogP contribution in [0, 0.1) is 0 Å². The fraction of sp³-hybridized carbons (Fsp3) is 0.278. The Kier molecular flexibility index (Phi) is 4.74. The molecule has 0 amide bonds. The quantitative estimate of drug-likeness (QED) is 0.651. The summed E-state index contributed by atoms with van der Waals surface area (Å²) in [7, 11) is 3.19. The van der Waals surface area contributed by atoms with Crippen molar-refractivity contribution < 1.29 is 14.2 Å². The van der Waals surface area contributed by atoms with Crippen molar-refractivity contribution in [3.63, 3.8) is 0 Å². The third kappa shape index (κ3) is 3.53. The van der Waals surface area contributed by atoms with Gasteiger partial charge in [0.15, 0.2) is 17.5 Å². The maximum atomic E-state index is 5.96. The van der Waals surface area contributed by atoms with E-state index in [0.717, 1.165) is 17.9 Å². The summed E-state index contributed by atoms with van der Waals surface area (Å²) in [4.78, 5) is 4.37. The monoisotopic (exact) mass is 327 g/mol. The SMILES string of the molecule is COc1ccc(NC(N)=NCC2Cc3ccccc3O2)cc1OC. The summed E-state index contributed by atoms with van der Waals surface area (Å²) >= 11 is 0. The van der Waals surface area contributed by atoms with Gasteiger partial charge in [-0.05, 0) is 23.8 Å². The van der Waals surface area contributed by atoms with Crippen molar-refractivity contribution in [2.24, 2.45) is 10.7 Å². The average molecular weight is 327 g/mol. The second kappa shape index (κ2) is 7.12. The van der Waals surface area contributed by atoms with Crippen molar-refractivity contribution in [3.8, 4) is 17.2 Å². The minimum Gasteiger partial charge on any atom is -0.493 e. The zero-order chi connectivity index (χ0) is 16.9. The van der Waals surface area contributed by atoms with Crippen LogP contribution in [-0.2, 0) is 6.42 Å². The number of guanidine groups is 1. The van der Waals surface area contributed by atoms with Gasteiger partial charge in [-0.1, -0.05) is 18.2 Å². The number of nitrogens with zero attached hydrogens (tertiary/aromatic N) is 1. The second-order valence-electron chi connectivity index (χ2n) is 5.47. The van der Waals surface area contributed by atoms with Crippen molar-refractivity contribution in [1.82, 2.24) is 0 Å². The molecule has 0 bridgehead atoms. The van der Waals surface area contributed by atoms with E-state index in [0.29, 0.717) is 24.0 Å². The number of rotatable bonds is 5. The van der Waals surface area contributed by atoms with E-state index < -0.39 is 0 Å². The standard InChI is InChI=1S/C18H21N3O3/c1-22-16-8-7-13(10-17(16)23-2)21-18(19)20-11-14-9-12-5-3-4-6-15(12)24-14/h3-8,10,14H,9,11H2,1-2H3,(H3,19,20,21). The molecule has 3 N–H and O–H groups in total. The highest BCUT2D eigenvalue weighted by molar-refractivity contribution is 5.92. The van der Waals surface area contributed by atoms with Crippen LogP contribution in [0.4, 0.5) is 5.69 Å².